The molecule has 2 rings (SSSR count). The van der Waals surface area contributed by atoms with E-state index >= 15 is 0 Å². The molecule has 110 valence electrons. The Morgan fingerprint density at radius 2 is 2.20 bits per heavy atom. The number of phenolic OH excluding ortho intramolecular Hbond substituents is 1. The molecule has 5 nitrogen and oxygen atoms in total. The molecule has 0 saturated carbocycles. The number of aromatic hydroxyl groups is 1. The average Bonchev–Trinajstić information content (AvgIpc) is 2.68. The number of likely N-dealkylation sites (N-methyl/N-ethyl adjacent to an activating group) is 1. The van der Waals surface area contributed by atoms with Crippen LogP contribution in [-0.4, -0.2) is 65.3 Å². The summed E-state index contributed by atoms with van der Waals surface area (Å²) in [5.74, 6) is -1.70. The molecule has 0 aromatic heterocycles. The summed E-state index contributed by atoms with van der Waals surface area (Å²) in [6.07, 6.45) is -0.156. The summed E-state index contributed by atoms with van der Waals surface area (Å²) in [6.45, 7) is 0.739. The number of halogens is 1. The van der Waals surface area contributed by atoms with Crippen LogP contribution in [0, 0.1) is 5.82 Å². The molecule has 0 radical (unpaired) electrons. The monoisotopic (exact) mass is 282 g/mol. The molecular weight excluding hydrogens is 263 g/mol. The van der Waals surface area contributed by atoms with E-state index in [1.165, 1.54) is 17.0 Å². The van der Waals surface area contributed by atoms with Crippen LogP contribution in [0.4, 0.5) is 4.39 Å². The summed E-state index contributed by atoms with van der Waals surface area (Å²) < 4.78 is 13.8. The molecule has 2 atom stereocenters. The van der Waals surface area contributed by atoms with Gasteiger partial charge in [-0.2, -0.15) is 0 Å². The molecule has 1 aliphatic rings. The molecule has 1 aromatic carbocycles. The number of likely N-dealkylation sites (tertiary alicyclic amines) is 1. The first-order valence-corrected chi connectivity index (χ1v) is 6.51. The van der Waals surface area contributed by atoms with Gasteiger partial charge in [0.25, 0.3) is 5.91 Å². The van der Waals surface area contributed by atoms with E-state index in [9.17, 15) is 19.4 Å². The van der Waals surface area contributed by atoms with Crippen LogP contribution in [0.5, 0.6) is 5.75 Å². The molecule has 1 heterocycles. The third-order valence-electron chi connectivity index (χ3n) is 3.43. The number of hydrogen-bond donors (Lipinski definition) is 2. The van der Waals surface area contributed by atoms with Gasteiger partial charge in [-0.05, 0) is 32.6 Å². The number of amides is 1. The van der Waals surface area contributed by atoms with E-state index < -0.39 is 17.8 Å². The quantitative estimate of drug-likeness (QED) is 0.855. The van der Waals surface area contributed by atoms with Gasteiger partial charge in [0, 0.05) is 19.1 Å². The number of aliphatic hydroxyl groups excluding tert-OH is 1. The van der Waals surface area contributed by atoms with Crippen molar-refractivity contribution < 1.29 is 19.4 Å². The number of hydrogen-bond acceptors (Lipinski definition) is 4. The van der Waals surface area contributed by atoms with Gasteiger partial charge >= 0.3 is 0 Å². The van der Waals surface area contributed by atoms with Crippen LogP contribution in [-0.2, 0) is 0 Å². The maximum Gasteiger partial charge on any atom is 0.261 e. The lowest BCUT2D eigenvalue weighted by atomic mass is 10.1. The smallest absolute Gasteiger partial charge is 0.261 e. The molecule has 0 aliphatic carbocycles. The highest BCUT2D eigenvalue weighted by Crippen LogP contribution is 2.26. The molecule has 1 amide bonds. The third-order valence-corrected chi connectivity index (χ3v) is 3.43. The largest absolute Gasteiger partial charge is 0.507 e. The van der Waals surface area contributed by atoms with Crippen molar-refractivity contribution in [3.63, 3.8) is 0 Å². The first-order chi connectivity index (χ1) is 9.40. The van der Waals surface area contributed by atoms with Crippen LogP contribution in [0.2, 0.25) is 0 Å². The summed E-state index contributed by atoms with van der Waals surface area (Å²) in [5.41, 5.74) is -0.328. The fourth-order valence-electron chi connectivity index (χ4n) is 2.60. The first kappa shape index (κ1) is 14.7. The molecule has 0 spiro atoms. The van der Waals surface area contributed by atoms with E-state index in [0.29, 0.717) is 13.0 Å². The average molecular weight is 282 g/mol. The summed E-state index contributed by atoms with van der Waals surface area (Å²) >= 11 is 0. The van der Waals surface area contributed by atoms with Gasteiger partial charge < -0.3 is 20.0 Å². The molecule has 2 unspecified atom stereocenters. The molecule has 2 N–H and O–H groups in total. The molecule has 0 bridgehead atoms. The summed E-state index contributed by atoms with van der Waals surface area (Å²) in [6, 6.07) is 3.58. The first-order valence-electron chi connectivity index (χ1n) is 6.51. The van der Waals surface area contributed by atoms with Gasteiger partial charge in [-0.15, -0.1) is 0 Å². The Bertz CT molecular complexity index is 487. The zero-order valence-electron chi connectivity index (χ0n) is 11.6. The van der Waals surface area contributed by atoms with Gasteiger partial charge in [-0.25, -0.2) is 4.39 Å². The second-order valence-electron chi connectivity index (χ2n) is 5.40. The van der Waals surface area contributed by atoms with Crippen molar-refractivity contribution in [3.8, 4) is 5.75 Å². The van der Waals surface area contributed by atoms with Crippen molar-refractivity contribution in [2.24, 2.45) is 0 Å². The topological polar surface area (TPSA) is 64.0 Å². The minimum Gasteiger partial charge on any atom is -0.507 e. The van der Waals surface area contributed by atoms with Crippen molar-refractivity contribution in [2.75, 3.05) is 27.2 Å². The Morgan fingerprint density at radius 1 is 1.50 bits per heavy atom. The van der Waals surface area contributed by atoms with Crippen LogP contribution in [0.15, 0.2) is 18.2 Å². The fourth-order valence-corrected chi connectivity index (χ4v) is 2.60. The normalized spacial score (nSPS) is 22.6. The van der Waals surface area contributed by atoms with Gasteiger partial charge in [0.05, 0.1) is 6.10 Å². The van der Waals surface area contributed by atoms with Crippen molar-refractivity contribution in [1.82, 2.24) is 9.80 Å². The standard InChI is InChI=1S/C14H19FN2O3/c1-16(2)7-9-6-10(18)8-17(9)14(20)13-11(15)4-3-5-12(13)19/h3-5,9-10,18-19H,6-8H2,1-2H3. The van der Waals surface area contributed by atoms with Crippen molar-refractivity contribution in [2.45, 2.75) is 18.6 Å². The highest BCUT2D eigenvalue weighted by atomic mass is 19.1. The number of phenols is 1. The van der Waals surface area contributed by atoms with E-state index in [0.717, 1.165) is 6.07 Å². The van der Waals surface area contributed by atoms with Crippen LogP contribution < -0.4 is 0 Å². The Balaban J connectivity index is 2.27. The lowest BCUT2D eigenvalue weighted by Crippen LogP contribution is -2.41. The van der Waals surface area contributed by atoms with Crippen molar-refractivity contribution in [3.05, 3.63) is 29.6 Å². The predicted molar refractivity (Wildman–Crippen MR) is 72.1 cm³/mol. The zero-order valence-corrected chi connectivity index (χ0v) is 11.6. The van der Waals surface area contributed by atoms with E-state index in [1.807, 2.05) is 19.0 Å². The van der Waals surface area contributed by atoms with E-state index in [4.69, 9.17) is 0 Å². The Labute approximate surface area is 117 Å². The number of β-amino-alcohol motifs (C(OH)–C–C–N with tert-alkyl or cyclic N) is 1. The maximum atomic E-state index is 13.8. The highest BCUT2D eigenvalue weighted by Gasteiger charge is 2.36. The molecule has 20 heavy (non-hydrogen) atoms. The molecule has 1 fully saturated rings. The minimum atomic E-state index is -0.750. The summed E-state index contributed by atoms with van der Waals surface area (Å²) in [7, 11) is 3.74. The molecule has 1 aliphatic heterocycles. The fraction of sp³-hybridized carbons (Fsp3) is 0.500. The van der Waals surface area contributed by atoms with Crippen molar-refractivity contribution >= 4 is 5.91 Å². The summed E-state index contributed by atoms with van der Waals surface area (Å²) in [4.78, 5) is 15.8. The van der Waals surface area contributed by atoms with Gasteiger partial charge in [0.15, 0.2) is 0 Å². The molecule has 1 saturated heterocycles. The van der Waals surface area contributed by atoms with Crippen LogP contribution in [0.1, 0.15) is 16.8 Å². The van der Waals surface area contributed by atoms with Gasteiger partial charge in [-0.1, -0.05) is 6.07 Å². The second-order valence-corrected chi connectivity index (χ2v) is 5.40. The lowest BCUT2D eigenvalue weighted by Gasteiger charge is -2.27. The Kier molecular flexibility index (Phi) is 4.25. The summed E-state index contributed by atoms with van der Waals surface area (Å²) in [5, 5.41) is 19.4. The molecule has 6 heteroatoms. The minimum absolute atomic E-state index is 0.158. The van der Waals surface area contributed by atoms with Gasteiger partial charge in [-0.3, -0.25) is 4.79 Å². The Morgan fingerprint density at radius 3 is 2.80 bits per heavy atom. The third kappa shape index (κ3) is 2.91. The predicted octanol–water partition coefficient (Wildman–Crippen LogP) is 0.668. The maximum absolute atomic E-state index is 13.8. The van der Waals surface area contributed by atoms with E-state index in [2.05, 4.69) is 0 Å². The zero-order chi connectivity index (χ0) is 14.9. The Hall–Kier alpha value is -1.66. The second kappa shape index (κ2) is 5.76. The lowest BCUT2D eigenvalue weighted by molar-refractivity contribution is 0.0691. The van der Waals surface area contributed by atoms with Crippen LogP contribution in [0.25, 0.3) is 0 Å². The number of carbonyl (C=O) groups is 1. The number of carbonyl (C=O) groups excluding carboxylic acids is 1. The van der Waals surface area contributed by atoms with Crippen LogP contribution in [0.3, 0.4) is 0 Å². The SMILES string of the molecule is CN(C)CC1CC(O)CN1C(=O)c1c(O)cccc1F. The number of aliphatic hydroxyl groups is 1. The van der Waals surface area contributed by atoms with E-state index in [-0.39, 0.29) is 23.9 Å². The van der Waals surface area contributed by atoms with Gasteiger partial charge in [0.1, 0.15) is 17.1 Å². The van der Waals surface area contributed by atoms with Crippen LogP contribution >= 0.6 is 0 Å². The number of benzene rings is 1. The number of nitrogens with zero attached hydrogens (tertiary/aromatic N) is 2. The molecular formula is C14H19FN2O3. The van der Waals surface area contributed by atoms with E-state index in [1.54, 1.807) is 0 Å². The van der Waals surface area contributed by atoms with Gasteiger partial charge in [0.2, 0.25) is 0 Å². The number of rotatable bonds is 3. The highest BCUT2D eigenvalue weighted by molar-refractivity contribution is 5.97. The van der Waals surface area contributed by atoms with Crippen molar-refractivity contribution in [1.29, 1.82) is 0 Å². The molecule has 1 aromatic rings.